The number of allylic oxidation sites excluding steroid dienone is 1. The minimum atomic E-state index is -2.21. The molecule has 0 aliphatic carbocycles. The van der Waals surface area contributed by atoms with Gasteiger partial charge in [-0.1, -0.05) is 93.0 Å². The lowest BCUT2D eigenvalue weighted by molar-refractivity contribution is -0.136. The summed E-state index contributed by atoms with van der Waals surface area (Å²) in [5.41, 5.74) is 9.43. The number of halogens is 1. The first-order valence-electron chi connectivity index (χ1n) is 18.4. The highest BCUT2D eigenvalue weighted by molar-refractivity contribution is 9.10. The Morgan fingerprint density at radius 1 is 0.962 bits per heavy atom. The van der Waals surface area contributed by atoms with Gasteiger partial charge in [0.25, 0.3) is 0 Å². The first-order valence-corrected chi connectivity index (χ1v) is 22.1. The Bertz CT molecular complexity index is 1430. The average Bonchev–Trinajstić information content (AvgIpc) is 3.07. The lowest BCUT2D eigenvalue weighted by Crippen LogP contribution is -2.48. The van der Waals surface area contributed by atoms with E-state index in [1.807, 2.05) is 30.3 Å². The van der Waals surface area contributed by atoms with Gasteiger partial charge in [-0.15, -0.1) is 0 Å². The topological polar surface area (TPSA) is 98.5 Å². The van der Waals surface area contributed by atoms with Gasteiger partial charge in [-0.2, -0.15) is 0 Å². The number of primary amides is 1. The summed E-state index contributed by atoms with van der Waals surface area (Å²) in [4.78, 5) is 11.6. The highest BCUT2D eigenvalue weighted by Crippen LogP contribution is 2.39. The highest BCUT2D eigenvalue weighted by Gasteiger charge is 2.41. The molecule has 2 aromatic rings. The summed E-state index contributed by atoms with van der Waals surface area (Å²) in [6.07, 6.45) is 6.11. The summed E-state index contributed by atoms with van der Waals surface area (Å²) in [5.74, 6) is 0.682. The van der Waals surface area contributed by atoms with E-state index < -0.39 is 14.2 Å². The monoisotopic (exact) mass is 803 g/mol. The third-order valence-electron chi connectivity index (χ3n) is 10.1. The molecule has 8 nitrogen and oxygen atoms in total. The Kier molecular flexibility index (Phi) is 19.5. The molecule has 292 valence electrons. The molecule has 2 N–H and O–H groups in total. The fourth-order valence-electron chi connectivity index (χ4n) is 6.07. The molecule has 0 radical (unpaired) electrons. The summed E-state index contributed by atoms with van der Waals surface area (Å²) in [5, 5.41) is 0.00240. The molecule has 0 saturated carbocycles. The Morgan fingerprint density at radius 2 is 1.62 bits per heavy atom. The van der Waals surface area contributed by atoms with E-state index in [4.69, 9.17) is 33.8 Å². The van der Waals surface area contributed by atoms with E-state index >= 15 is 0 Å². The van der Waals surface area contributed by atoms with Crippen LogP contribution in [0.4, 0.5) is 0 Å². The molecule has 2 rings (SSSR count). The summed E-state index contributed by atoms with van der Waals surface area (Å²) >= 11 is 3.69. The van der Waals surface area contributed by atoms with E-state index in [1.165, 1.54) is 5.56 Å². The molecule has 6 unspecified atom stereocenters. The quantitative estimate of drug-likeness (QED) is 0.0517. The number of carbonyl (C=O) groups excluding carboxylic acids is 1. The molecule has 0 fully saturated rings. The molecule has 6 atom stereocenters. The Morgan fingerprint density at radius 3 is 2.19 bits per heavy atom. The van der Waals surface area contributed by atoms with Crippen LogP contribution < -0.4 is 10.5 Å². The highest BCUT2D eigenvalue weighted by atomic mass is 79.9. The molecular weight excluding hydrogens is 738 g/mol. The zero-order chi connectivity index (χ0) is 39.1. The molecule has 0 aromatic heterocycles. The van der Waals surface area contributed by atoms with E-state index in [9.17, 15) is 4.79 Å². The zero-order valence-corrected chi connectivity index (χ0v) is 36.4. The van der Waals surface area contributed by atoms with Gasteiger partial charge in [-0.3, -0.25) is 4.79 Å². The second-order valence-corrected chi connectivity index (χ2v) is 21.3. The fraction of sp³-hybridized carbons (Fsp3) is 0.595. The number of hydrogen-bond acceptors (Lipinski definition) is 7. The molecule has 10 heteroatoms. The summed E-state index contributed by atoms with van der Waals surface area (Å²) in [6, 6.07) is 16.5. The first-order chi connectivity index (χ1) is 24.4. The molecular formula is C42H66BrNO7Si. The number of ether oxygens (including phenoxy) is 5. The zero-order valence-electron chi connectivity index (χ0n) is 33.8. The normalized spacial score (nSPS) is 16.6. The molecule has 0 bridgehead atoms. The fourth-order valence-corrected chi connectivity index (χ4v) is 7.92. The maximum absolute atomic E-state index is 11.6. The van der Waals surface area contributed by atoms with Crippen molar-refractivity contribution in [2.75, 3.05) is 28.1 Å². The Balaban J connectivity index is 2.32. The van der Waals surface area contributed by atoms with Crippen molar-refractivity contribution in [1.82, 2.24) is 0 Å². The average molecular weight is 805 g/mol. The lowest BCUT2D eigenvalue weighted by Gasteiger charge is -2.42. The van der Waals surface area contributed by atoms with Gasteiger partial charge in [-0.25, -0.2) is 0 Å². The third kappa shape index (κ3) is 15.2. The number of rotatable bonds is 23. The van der Waals surface area contributed by atoms with Crippen LogP contribution in [0.1, 0.15) is 78.9 Å². The van der Waals surface area contributed by atoms with Crippen LogP contribution in [0.5, 0.6) is 5.75 Å². The Hall–Kier alpha value is -2.31. The predicted molar refractivity (Wildman–Crippen MR) is 218 cm³/mol. The van der Waals surface area contributed by atoms with Crippen LogP contribution in [0.15, 0.2) is 76.3 Å². The molecule has 0 heterocycles. The smallest absolute Gasteiger partial charge is 0.244 e. The Labute approximate surface area is 324 Å². The van der Waals surface area contributed by atoms with E-state index in [2.05, 4.69) is 101 Å². The van der Waals surface area contributed by atoms with Crippen LogP contribution in [0.25, 0.3) is 0 Å². The van der Waals surface area contributed by atoms with Crippen molar-refractivity contribution in [2.45, 2.75) is 123 Å². The maximum Gasteiger partial charge on any atom is 0.244 e. The van der Waals surface area contributed by atoms with E-state index in [-0.39, 0.29) is 48.1 Å². The van der Waals surface area contributed by atoms with Gasteiger partial charge in [0.2, 0.25) is 5.91 Å². The molecule has 52 heavy (non-hydrogen) atoms. The maximum atomic E-state index is 11.6. The van der Waals surface area contributed by atoms with Gasteiger partial charge >= 0.3 is 0 Å². The first kappa shape index (κ1) is 45.8. The van der Waals surface area contributed by atoms with Crippen molar-refractivity contribution < 1.29 is 32.9 Å². The van der Waals surface area contributed by atoms with E-state index in [0.29, 0.717) is 25.0 Å². The van der Waals surface area contributed by atoms with Gasteiger partial charge in [0.05, 0.1) is 24.4 Å². The molecule has 0 aliphatic heterocycles. The van der Waals surface area contributed by atoms with Crippen LogP contribution in [0, 0.1) is 11.8 Å². The number of hydrogen-bond donors (Lipinski definition) is 1. The second-order valence-electron chi connectivity index (χ2n) is 15.6. The van der Waals surface area contributed by atoms with Gasteiger partial charge in [0, 0.05) is 37.3 Å². The van der Waals surface area contributed by atoms with Gasteiger partial charge < -0.3 is 33.8 Å². The minimum Gasteiger partial charge on any atom is -0.489 e. The molecule has 1 amide bonds. The van der Waals surface area contributed by atoms with Gasteiger partial charge in [-0.05, 0) is 98.5 Å². The van der Waals surface area contributed by atoms with Crippen molar-refractivity contribution >= 4 is 30.2 Å². The lowest BCUT2D eigenvalue weighted by atomic mass is 9.88. The molecule has 0 spiro atoms. The van der Waals surface area contributed by atoms with Crippen LogP contribution in [0.3, 0.4) is 0 Å². The molecule has 2 aromatic carbocycles. The molecule has 0 aliphatic rings. The standard InChI is InChI=1S/C42H66BrNO7Si/c1-29(21-34-24-35(43)26-36(25-34)49-27-33-18-14-13-15-19-33)22-38(48-10)39(50-28-46-8)31(3)23-32(4)40(51-52(11,12)42(5,6)7)37(47-9)20-16-17-30(2)41(44)45/h13-15,17-19,23-26,29,31,37-40H,16,20-22,27-28H2,1-12H3,(H2,44,45)/b30-17+,32-23+. The minimum absolute atomic E-state index is 0.00240. The number of benzene rings is 2. The van der Waals surface area contributed by atoms with Crippen molar-refractivity contribution in [3.8, 4) is 5.75 Å². The van der Waals surface area contributed by atoms with E-state index in [0.717, 1.165) is 34.2 Å². The van der Waals surface area contributed by atoms with Crippen LogP contribution in [-0.2, 0) is 41.2 Å². The van der Waals surface area contributed by atoms with Crippen LogP contribution in [0.2, 0.25) is 18.1 Å². The second kappa shape index (κ2) is 22.2. The van der Waals surface area contributed by atoms with E-state index in [1.54, 1.807) is 28.3 Å². The number of methoxy groups -OCH3 is 3. The summed E-state index contributed by atoms with van der Waals surface area (Å²) in [7, 11) is 2.91. The van der Waals surface area contributed by atoms with Gasteiger partial charge in [0.15, 0.2) is 8.32 Å². The molecule has 0 saturated heterocycles. The summed E-state index contributed by atoms with van der Waals surface area (Å²) < 4.78 is 38.3. The largest absolute Gasteiger partial charge is 0.489 e. The third-order valence-corrected chi connectivity index (χ3v) is 15.0. The van der Waals surface area contributed by atoms with Gasteiger partial charge in [0.1, 0.15) is 19.1 Å². The van der Waals surface area contributed by atoms with Crippen molar-refractivity contribution in [2.24, 2.45) is 17.6 Å². The predicted octanol–water partition coefficient (Wildman–Crippen LogP) is 9.80. The SMILES string of the molecule is COCOC(C(C)/C=C(\C)C(O[Si](C)(C)C(C)(C)C)C(CC/C=C(\C)C(N)=O)OC)C(CC(C)Cc1cc(Br)cc(OCc2ccccc2)c1)OC. The van der Waals surface area contributed by atoms with Crippen molar-refractivity contribution in [1.29, 1.82) is 0 Å². The summed E-state index contributed by atoms with van der Waals surface area (Å²) in [6.45, 7) is 20.2. The van der Waals surface area contributed by atoms with Crippen molar-refractivity contribution in [3.63, 3.8) is 0 Å². The number of nitrogens with two attached hydrogens (primary N) is 1. The van der Waals surface area contributed by atoms with Crippen LogP contribution >= 0.6 is 15.9 Å². The van der Waals surface area contributed by atoms with Crippen LogP contribution in [-0.4, -0.2) is 66.8 Å². The number of amides is 1. The van der Waals surface area contributed by atoms with Crippen molar-refractivity contribution in [3.05, 3.63) is 87.4 Å². The number of carbonyl (C=O) groups is 1.